The summed E-state index contributed by atoms with van der Waals surface area (Å²) in [6.07, 6.45) is 2.86. The van der Waals surface area contributed by atoms with Gasteiger partial charge in [-0.3, -0.25) is 0 Å². The van der Waals surface area contributed by atoms with Gasteiger partial charge in [-0.05, 0) is 30.0 Å². The summed E-state index contributed by atoms with van der Waals surface area (Å²) in [5.41, 5.74) is 2.36. The molecular formula is C12H14N2. The second-order valence-electron chi connectivity index (χ2n) is 3.98. The van der Waals surface area contributed by atoms with Gasteiger partial charge in [-0.15, -0.1) is 0 Å². The lowest BCUT2D eigenvalue weighted by Gasteiger charge is -2.07. The molecule has 0 amide bonds. The molecule has 2 rings (SSSR count). The largest absolute Gasteiger partial charge is 0.159 e. The summed E-state index contributed by atoms with van der Waals surface area (Å²) in [5, 5.41) is 9.21. The number of aromatic nitrogens is 2. The Balaban J connectivity index is 2.53. The minimum atomic E-state index is 0.675. The van der Waals surface area contributed by atoms with Crippen molar-refractivity contribution < 1.29 is 0 Å². The van der Waals surface area contributed by atoms with Crippen LogP contribution in [-0.4, -0.2) is 10.2 Å². The van der Waals surface area contributed by atoms with Gasteiger partial charge in [0.25, 0.3) is 0 Å². The smallest absolute Gasteiger partial charge is 0.0932 e. The summed E-state index contributed by atoms with van der Waals surface area (Å²) in [4.78, 5) is 0. The van der Waals surface area contributed by atoms with E-state index in [0.717, 1.165) is 11.9 Å². The van der Waals surface area contributed by atoms with E-state index in [0.29, 0.717) is 5.92 Å². The van der Waals surface area contributed by atoms with Crippen LogP contribution in [0.5, 0.6) is 0 Å². The Hall–Kier alpha value is -1.44. The van der Waals surface area contributed by atoms with E-state index in [1.54, 1.807) is 6.20 Å². The van der Waals surface area contributed by atoms with Crippen LogP contribution in [0.3, 0.4) is 0 Å². The van der Waals surface area contributed by atoms with E-state index in [1.165, 1.54) is 10.9 Å². The highest BCUT2D eigenvalue weighted by atomic mass is 15.1. The lowest BCUT2D eigenvalue weighted by molar-refractivity contribution is 0.650. The molecule has 0 aliphatic carbocycles. The first kappa shape index (κ1) is 9.13. The summed E-state index contributed by atoms with van der Waals surface area (Å²) >= 11 is 0. The van der Waals surface area contributed by atoms with E-state index in [-0.39, 0.29) is 0 Å². The van der Waals surface area contributed by atoms with Gasteiger partial charge in [0.2, 0.25) is 0 Å². The fourth-order valence-corrected chi connectivity index (χ4v) is 1.70. The number of nitrogens with zero attached hydrogens (tertiary/aromatic N) is 2. The van der Waals surface area contributed by atoms with Gasteiger partial charge in [0.05, 0.1) is 11.7 Å². The zero-order valence-electron chi connectivity index (χ0n) is 8.57. The predicted molar refractivity (Wildman–Crippen MR) is 58.1 cm³/mol. The molecule has 1 heterocycles. The minimum absolute atomic E-state index is 0.675. The van der Waals surface area contributed by atoms with E-state index in [9.17, 15) is 0 Å². The highest BCUT2D eigenvalue weighted by Gasteiger charge is 2.03. The number of benzene rings is 1. The van der Waals surface area contributed by atoms with Gasteiger partial charge in [0.1, 0.15) is 0 Å². The lowest BCUT2D eigenvalue weighted by Crippen LogP contribution is -1.95. The SMILES string of the molecule is CC(C)Cc1cccc2nnccc12. The van der Waals surface area contributed by atoms with Crippen LogP contribution in [0.25, 0.3) is 10.9 Å². The fraction of sp³-hybridized carbons (Fsp3) is 0.333. The van der Waals surface area contributed by atoms with Gasteiger partial charge in [0, 0.05) is 5.39 Å². The minimum Gasteiger partial charge on any atom is -0.159 e. The van der Waals surface area contributed by atoms with Crippen LogP contribution >= 0.6 is 0 Å². The standard InChI is InChI=1S/C12H14N2/c1-9(2)8-10-4-3-5-12-11(10)6-7-13-14-12/h3-7,9H,8H2,1-2H3. The van der Waals surface area contributed by atoms with Gasteiger partial charge in [-0.2, -0.15) is 10.2 Å². The Bertz CT molecular complexity index is 430. The Morgan fingerprint density at radius 3 is 2.86 bits per heavy atom. The molecule has 0 fully saturated rings. The van der Waals surface area contributed by atoms with Gasteiger partial charge in [-0.1, -0.05) is 26.0 Å². The zero-order chi connectivity index (χ0) is 9.97. The van der Waals surface area contributed by atoms with Crippen molar-refractivity contribution in [2.45, 2.75) is 20.3 Å². The fourth-order valence-electron chi connectivity index (χ4n) is 1.70. The molecule has 0 aliphatic rings. The van der Waals surface area contributed by atoms with Crippen LogP contribution in [0.1, 0.15) is 19.4 Å². The maximum absolute atomic E-state index is 4.10. The summed E-state index contributed by atoms with van der Waals surface area (Å²) in [7, 11) is 0. The number of fused-ring (bicyclic) bond motifs is 1. The van der Waals surface area contributed by atoms with Crippen LogP contribution in [0.4, 0.5) is 0 Å². The van der Waals surface area contributed by atoms with Crippen LogP contribution in [0.2, 0.25) is 0 Å². The Morgan fingerprint density at radius 1 is 1.21 bits per heavy atom. The van der Waals surface area contributed by atoms with Gasteiger partial charge >= 0.3 is 0 Å². The second-order valence-corrected chi connectivity index (χ2v) is 3.98. The summed E-state index contributed by atoms with van der Waals surface area (Å²) in [5.74, 6) is 0.675. The molecule has 72 valence electrons. The molecule has 0 N–H and O–H groups in total. The van der Waals surface area contributed by atoms with Crippen molar-refractivity contribution in [2.24, 2.45) is 5.92 Å². The number of hydrogen-bond acceptors (Lipinski definition) is 2. The maximum atomic E-state index is 4.10. The van der Waals surface area contributed by atoms with Gasteiger partial charge in [0.15, 0.2) is 0 Å². The summed E-state index contributed by atoms with van der Waals surface area (Å²) in [6, 6.07) is 8.27. The van der Waals surface area contributed by atoms with Crippen molar-refractivity contribution in [2.75, 3.05) is 0 Å². The molecule has 14 heavy (non-hydrogen) atoms. The highest BCUT2D eigenvalue weighted by molar-refractivity contribution is 5.81. The molecule has 0 unspecified atom stereocenters. The average Bonchev–Trinajstić information content (AvgIpc) is 2.18. The summed E-state index contributed by atoms with van der Waals surface area (Å²) < 4.78 is 0. The Morgan fingerprint density at radius 2 is 2.07 bits per heavy atom. The molecule has 0 aliphatic heterocycles. The number of hydrogen-bond donors (Lipinski definition) is 0. The van der Waals surface area contributed by atoms with E-state index in [4.69, 9.17) is 0 Å². The van der Waals surface area contributed by atoms with Crippen molar-refractivity contribution >= 4 is 10.9 Å². The molecule has 2 heteroatoms. The van der Waals surface area contributed by atoms with E-state index < -0.39 is 0 Å². The first-order valence-electron chi connectivity index (χ1n) is 4.96. The molecule has 0 saturated carbocycles. The quantitative estimate of drug-likeness (QED) is 0.720. The summed E-state index contributed by atoms with van der Waals surface area (Å²) in [6.45, 7) is 4.46. The predicted octanol–water partition coefficient (Wildman–Crippen LogP) is 2.83. The molecule has 0 bridgehead atoms. The van der Waals surface area contributed by atoms with Gasteiger partial charge in [-0.25, -0.2) is 0 Å². The molecule has 1 aromatic heterocycles. The third kappa shape index (κ3) is 1.74. The zero-order valence-corrected chi connectivity index (χ0v) is 8.57. The molecule has 0 atom stereocenters. The van der Waals surface area contributed by atoms with Crippen LogP contribution in [-0.2, 0) is 6.42 Å². The normalized spacial score (nSPS) is 11.1. The van der Waals surface area contributed by atoms with E-state index in [1.807, 2.05) is 12.1 Å². The molecule has 0 radical (unpaired) electrons. The van der Waals surface area contributed by atoms with Crippen LogP contribution < -0.4 is 0 Å². The number of rotatable bonds is 2. The molecule has 2 nitrogen and oxygen atoms in total. The first-order chi connectivity index (χ1) is 6.77. The molecule has 0 spiro atoms. The van der Waals surface area contributed by atoms with Crippen molar-refractivity contribution in [1.82, 2.24) is 10.2 Å². The molecule has 1 aromatic carbocycles. The highest BCUT2D eigenvalue weighted by Crippen LogP contribution is 2.18. The van der Waals surface area contributed by atoms with Gasteiger partial charge < -0.3 is 0 Å². The van der Waals surface area contributed by atoms with Crippen molar-refractivity contribution in [3.8, 4) is 0 Å². The third-order valence-corrected chi connectivity index (χ3v) is 2.27. The van der Waals surface area contributed by atoms with Crippen LogP contribution in [0.15, 0.2) is 30.5 Å². The molecule has 0 saturated heterocycles. The molecular weight excluding hydrogens is 172 g/mol. The topological polar surface area (TPSA) is 25.8 Å². The Labute approximate surface area is 84.0 Å². The monoisotopic (exact) mass is 186 g/mol. The van der Waals surface area contributed by atoms with Crippen molar-refractivity contribution in [1.29, 1.82) is 0 Å². The second kappa shape index (κ2) is 3.74. The van der Waals surface area contributed by atoms with Crippen LogP contribution in [0, 0.1) is 5.92 Å². The first-order valence-corrected chi connectivity index (χ1v) is 4.96. The molecule has 2 aromatic rings. The van der Waals surface area contributed by atoms with Crippen molar-refractivity contribution in [3.63, 3.8) is 0 Å². The maximum Gasteiger partial charge on any atom is 0.0932 e. The van der Waals surface area contributed by atoms with E-state index >= 15 is 0 Å². The lowest BCUT2D eigenvalue weighted by atomic mass is 9.99. The van der Waals surface area contributed by atoms with Crippen molar-refractivity contribution in [3.05, 3.63) is 36.0 Å². The third-order valence-electron chi connectivity index (χ3n) is 2.27. The average molecular weight is 186 g/mol. The Kier molecular flexibility index (Phi) is 2.44. The van der Waals surface area contributed by atoms with E-state index in [2.05, 4.69) is 36.2 Å².